The van der Waals surface area contributed by atoms with Crippen LogP contribution in [0.2, 0.25) is 0 Å². The van der Waals surface area contributed by atoms with E-state index < -0.39 is 0 Å². The summed E-state index contributed by atoms with van der Waals surface area (Å²) in [7, 11) is 13.1. The Morgan fingerprint density at radius 3 is 2.08 bits per heavy atom. The van der Waals surface area contributed by atoms with E-state index in [1.54, 1.807) is 5.01 Å². The smallest absolute Gasteiger partial charge is 0.248 e. The zero-order valence-electron chi connectivity index (χ0n) is 23.5. The summed E-state index contributed by atoms with van der Waals surface area (Å²) < 4.78 is 13.9. The average molecular weight is 509 g/mol. The molecule has 0 N–H and O–H groups in total. The summed E-state index contributed by atoms with van der Waals surface area (Å²) in [4.78, 5) is 13.0. The SMILES string of the molecule is C[N+](C)(C)CCCOc1ccc(N2N=C3c4cc(OCCC[N+](C)(C)C)ccc4CCC3CC2=O)cc1. The van der Waals surface area contributed by atoms with Crippen LogP contribution in [0.15, 0.2) is 47.6 Å². The summed E-state index contributed by atoms with van der Waals surface area (Å²) >= 11 is 0. The molecule has 2 aromatic carbocycles. The lowest BCUT2D eigenvalue weighted by Gasteiger charge is -2.33. The minimum atomic E-state index is 0.0431. The number of amides is 1. The second-order valence-electron chi connectivity index (χ2n) is 12.4. The molecular formula is C30H44N4O3+2. The standard InChI is InChI=1S/C30H44N4O3/c1-33(2,3)17-7-19-36-26-15-12-25(13-16-26)32-29(35)21-24-10-9-23-11-14-27(22-28(23)30(24)31-32)37-20-8-18-34(4,5)6/h11-16,22,24H,7-10,17-21H2,1-6H3/q+2. The lowest BCUT2D eigenvalue weighted by molar-refractivity contribution is -0.870. The van der Waals surface area contributed by atoms with Crippen molar-refractivity contribution in [2.45, 2.75) is 32.1 Å². The van der Waals surface area contributed by atoms with Gasteiger partial charge < -0.3 is 18.4 Å². The second-order valence-corrected chi connectivity index (χ2v) is 12.4. The molecule has 1 aliphatic carbocycles. The molecule has 1 atom stereocenters. The van der Waals surface area contributed by atoms with Gasteiger partial charge in [0, 0.05) is 30.7 Å². The number of carbonyl (C=O) groups is 1. The molecule has 2 aromatic rings. The van der Waals surface area contributed by atoms with Gasteiger partial charge in [0.05, 0.1) is 80.0 Å². The van der Waals surface area contributed by atoms with Gasteiger partial charge in [-0.15, -0.1) is 0 Å². The van der Waals surface area contributed by atoms with Crippen LogP contribution in [0.3, 0.4) is 0 Å². The number of carbonyl (C=O) groups excluding carboxylic acids is 1. The third-order valence-corrected chi connectivity index (χ3v) is 6.94. The third kappa shape index (κ3) is 7.55. The van der Waals surface area contributed by atoms with Crippen molar-refractivity contribution in [2.24, 2.45) is 11.0 Å². The zero-order valence-corrected chi connectivity index (χ0v) is 23.5. The van der Waals surface area contributed by atoms with Gasteiger partial charge in [-0.25, -0.2) is 5.01 Å². The highest BCUT2D eigenvalue weighted by Crippen LogP contribution is 2.35. The van der Waals surface area contributed by atoms with Gasteiger partial charge >= 0.3 is 0 Å². The van der Waals surface area contributed by atoms with E-state index >= 15 is 0 Å². The number of nitrogens with zero attached hydrogens (tertiary/aromatic N) is 4. The molecule has 0 bridgehead atoms. The number of fused-ring (bicyclic) bond motifs is 3. The minimum Gasteiger partial charge on any atom is -0.493 e. The maximum absolute atomic E-state index is 13.0. The number of hydrazone groups is 1. The van der Waals surface area contributed by atoms with Crippen molar-refractivity contribution in [2.75, 3.05) is 73.6 Å². The Bertz CT molecular complexity index is 1110. The first-order valence-corrected chi connectivity index (χ1v) is 13.5. The van der Waals surface area contributed by atoms with Crippen molar-refractivity contribution in [1.29, 1.82) is 0 Å². The van der Waals surface area contributed by atoms with Crippen molar-refractivity contribution >= 4 is 17.3 Å². The van der Waals surface area contributed by atoms with Crippen molar-refractivity contribution in [3.63, 3.8) is 0 Å². The number of ether oxygens (including phenoxy) is 2. The fourth-order valence-corrected chi connectivity index (χ4v) is 4.93. The molecule has 1 heterocycles. The Morgan fingerprint density at radius 1 is 0.865 bits per heavy atom. The number of rotatable bonds is 11. The molecule has 0 saturated heterocycles. The molecule has 0 saturated carbocycles. The molecule has 37 heavy (non-hydrogen) atoms. The molecule has 1 amide bonds. The Morgan fingerprint density at radius 2 is 1.46 bits per heavy atom. The normalized spacial score (nSPS) is 17.7. The number of aryl methyl sites for hydroxylation is 1. The fraction of sp³-hybridized carbons (Fsp3) is 0.533. The first-order chi connectivity index (χ1) is 17.5. The van der Waals surface area contributed by atoms with E-state index in [2.05, 4.69) is 60.5 Å². The first kappa shape index (κ1) is 27.1. The van der Waals surface area contributed by atoms with Crippen LogP contribution in [0.4, 0.5) is 5.69 Å². The van der Waals surface area contributed by atoms with E-state index in [1.807, 2.05) is 24.3 Å². The van der Waals surface area contributed by atoms with Crippen molar-refractivity contribution in [3.8, 4) is 11.5 Å². The third-order valence-electron chi connectivity index (χ3n) is 6.94. The van der Waals surface area contributed by atoms with Crippen LogP contribution in [0.1, 0.15) is 36.8 Å². The predicted molar refractivity (Wildman–Crippen MR) is 149 cm³/mol. The summed E-state index contributed by atoms with van der Waals surface area (Å²) in [5.41, 5.74) is 4.17. The molecule has 0 spiro atoms. The van der Waals surface area contributed by atoms with Crippen LogP contribution in [-0.4, -0.2) is 89.2 Å². The molecular weight excluding hydrogens is 464 g/mol. The van der Waals surface area contributed by atoms with Gasteiger partial charge in [0.1, 0.15) is 11.5 Å². The zero-order chi connectivity index (χ0) is 26.6. The van der Waals surface area contributed by atoms with Crippen LogP contribution in [0, 0.1) is 5.92 Å². The predicted octanol–water partition coefficient (Wildman–Crippen LogP) is 4.34. The molecule has 1 aliphatic heterocycles. The van der Waals surface area contributed by atoms with Crippen molar-refractivity contribution < 1.29 is 23.2 Å². The molecule has 7 nitrogen and oxygen atoms in total. The van der Waals surface area contributed by atoms with E-state index in [1.165, 1.54) is 5.56 Å². The molecule has 0 radical (unpaired) electrons. The van der Waals surface area contributed by atoms with E-state index in [0.717, 1.165) is 76.2 Å². The summed E-state index contributed by atoms with van der Waals surface area (Å²) in [6.07, 6.45) is 4.40. The molecule has 4 rings (SSSR count). The van der Waals surface area contributed by atoms with Gasteiger partial charge in [-0.2, -0.15) is 5.10 Å². The highest BCUT2D eigenvalue weighted by molar-refractivity contribution is 6.11. The molecule has 2 aliphatic rings. The van der Waals surface area contributed by atoms with Crippen LogP contribution in [0.25, 0.3) is 0 Å². The van der Waals surface area contributed by atoms with Crippen molar-refractivity contribution in [1.82, 2.24) is 0 Å². The minimum absolute atomic E-state index is 0.0431. The summed E-state index contributed by atoms with van der Waals surface area (Å²) in [6, 6.07) is 14.1. The monoisotopic (exact) mass is 508 g/mol. The average Bonchev–Trinajstić information content (AvgIpc) is 2.83. The van der Waals surface area contributed by atoms with E-state index in [-0.39, 0.29) is 11.8 Å². The Balaban J connectivity index is 1.45. The van der Waals surface area contributed by atoms with Crippen LogP contribution >= 0.6 is 0 Å². The van der Waals surface area contributed by atoms with Gasteiger partial charge in [-0.1, -0.05) is 6.07 Å². The Kier molecular flexibility index (Phi) is 8.24. The lowest BCUT2D eigenvalue weighted by Crippen LogP contribution is -2.39. The number of anilines is 1. The second kappa shape index (κ2) is 11.2. The molecule has 0 aromatic heterocycles. The number of quaternary nitrogens is 2. The van der Waals surface area contributed by atoms with E-state index in [4.69, 9.17) is 14.6 Å². The number of hydrogen-bond acceptors (Lipinski definition) is 4. The highest BCUT2D eigenvalue weighted by Gasteiger charge is 2.34. The molecule has 7 heteroatoms. The quantitative estimate of drug-likeness (QED) is 0.335. The fourth-order valence-electron chi connectivity index (χ4n) is 4.93. The van der Waals surface area contributed by atoms with E-state index in [9.17, 15) is 4.79 Å². The number of hydrogen-bond donors (Lipinski definition) is 0. The molecule has 200 valence electrons. The summed E-state index contributed by atoms with van der Waals surface area (Å²) in [5, 5.41) is 6.46. The van der Waals surface area contributed by atoms with Crippen LogP contribution in [0.5, 0.6) is 11.5 Å². The first-order valence-electron chi connectivity index (χ1n) is 13.5. The Hall–Kier alpha value is -2.90. The van der Waals surface area contributed by atoms with Gasteiger partial charge in [0.2, 0.25) is 5.91 Å². The maximum Gasteiger partial charge on any atom is 0.248 e. The van der Waals surface area contributed by atoms with E-state index in [0.29, 0.717) is 19.6 Å². The summed E-state index contributed by atoms with van der Waals surface area (Å²) in [5.74, 6) is 1.89. The maximum atomic E-state index is 13.0. The topological polar surface area (TPSA) is 51.1 Å². The highest BCUT2D eigenvalue weighted by atomic mass is 16.5. The van der Waals surface area contributed by atoms with Crippen LogP contribution in [-0.2, 0) is 11.2 Å². The largest absolute Gasteiger partial charge is 0.493 e. The molecule has 1 unspecified atom stereocenters. The molecule has 0 fully saturated rings. The van der Waals surface area contributed by atoms with Gasteiger partial charge in [0.25, 0.3) is 0 Å². The van der Waals surface area contributed by atoms with Gasteiger partial charge in [0.15, 0.2) is 0 Å². The van der Waals surface area contributed by atoms with Gasteiger partial charge in [-0.3, -0.25) is 4.79 Å². The lowest BCUT2D eigenvalue weighted by atomic mass is 9.79. The van der Waals surface area contributed by atoms with Gasteiger partial charge in [-0.05, 0) is 54.8 Å². The number of benzene rings is 2. The van der Waals surface area contributed by atoms with Crippen molar-refractivity contribution in [3.05, 3.63) is 53.6 Å². The van der Waals surface area contributed by atoms with Crippen LogP contribution < -0.4 is 14.5 Å². The Labute approximate surface area is 222 Å². The summed E-state index contributed by atoms with van der Waals surface area (Å²) in [6.45, 7) is 3.50.